The normalized spacial score (nSPS) is 11.5. The van der Waals surface area contributed by atoms with Gasteiger partial charge < -0.3 is 9.52 Å². The molecule has 1 N–H and O–H groups in total. The molecule has 100 valence electrons. The minimum absolute atomic E-state index is 0.0752. The van der Waals surface area contributed by atoms with Crippen molar-refractivity contribution < 1.29 is 14.3 Å². The lowest BCUT2D eigenvalue weighted by Gasteiger charge is -2.18. The molecule has 2 aromatic rings. The lowest BCUT2D eigenvalue weighted by molar-refractivity contribution is 0.0690. The third kappa shape index (κ3) is 3.38. The average molecular weight is 277 g/mol. The highest BCUT2D eigenvalue weighted by Crippen LogP contribution is 2.29. The summed E-state index contributed by atoms with van der Waals surface area (Å²) in [4.78, 5) is 15.5. The largest absolute Gasteiger partial charge is 0.476 e. The molecule has 0 unspecified atom stereocenters. The Balaban J connectivity index is 2.13. The Morgan fingerprint density at radius 1 is 1.26 bits per heavy atom. The standard InChI is InChI=1S/C14H15NO3S/c1-14(2,3)9-4-6-10(7-5-9)19-13-15-11(8-18-13)12(16)17/h4-8H,1-3H3,(H,16,17). The molecule has 0 radical (unpaired) electrons. The Bertz CT molecular complexity index is 581. The molecule has 0 atom stereocenters. The molecule has 19 heavy (non-hydrogen) atoms. The van der Waals surface area contributed by atoms with Crippen molar-refractivity contribution in [1.29, 1.82) is 0 Å². The van der Waals surface area contributed by atoms with Crippen LogP contribution in [0, 0.1) is 0 Å². The Morgan fingerprint density at radius 3 is 2.37 bits per heavy atom. The van der Waals surface area contributed by atoms with Crippen LogP contribution in [0.15, 0.2) is 45.1 Å². The third-order valence-electron chi connectivity index (χ3n) is 2.63. The van der Waals surface area contributed by atoms with Crippen molar-refractivity contribution in [3.05, 3.63) is 41.8 Å². The van der Waals surface area contributed by atoms with Crippen LogP contribution in [0.25, 0.3) is 0 Å². The van der Waals surface area contributed by atoms with Crippen LogP contribution in [0.2, 0.25) is 0 Å². The predicted molar refractivity (Wildman–Crippen MR) is 72.7 cm³/mol. The smallest absolute Gasteiger partial charge is 0.357 e. The van der Waals surface area contributed by atoms with E-state index in [0.717, 1.165) is 11.2 Å². The third-order valence-corrected chi connectivity index (χ3v) is 3.50. The first-order valence-electron chi connectivity index (χ1n) is 5.83. The Hall–Kier alpha value is -1.75. The maximum Gasteiger partial charge on any atom is 0.357 e. The summed E-state index contributed by atoms with van der Waals surface area (Å²) in [6.45, 7) is 6.47. The fourth-order valence-corrected chi connectivity index (χ4v) is 2.24. The molecule has 0 aliphatic rings. The van der Waals surface area contributed by atoms with Gasteiger partial charge in [0.05, 0.1) is 0 Å². The van der Waals surface area contributed by atoms with E-state index in [1.165, 1.54) is 17.3 Å². The lowest BCUT2D eigenvalue weighted by atomic mass is 9.87. The second kappa shape index (κ2) is 5.09. The molecular weight excluding hydrogens is 262 g/mol. The minimum Gasteiger partial charge on any atom is -0.476 e. The number of carboxylic acids is 1. The van der Waals surface area contributed by atoms with Crippen molar-refractivity contribution in [3.8, 4) is 0 Å². The molecule has 0 fully saturated rings. The summed E-state index contributed by atoms with van der Waals surface area (Å²) in [5, 5.41) is 9.09. The summed E-state index contributed by atoms with van der Waals surface area (Å²) in [5.74, 6) is -1.08. The highest BCUT2D eigenvalue weighted by Gasteiger charge is 2.14. The van der Waals surface area contributed by atoms with Gasteiger partial charge in [0.2, 0.25) is 0 Å². The minimum atomic E-state index is -1.08. The van der Waals surface area contributed by atoms with Gasteiger partial charge in [-0.05, 0) is 34.9 Å². The average Bonchev–Trinajstić information content (AvgIpc) is 2.77. The van der Waals surface area contributed by atoms with Crippen LogP contribution in [0.5, 0.6) is 0 Å². The second-order valence-electron chi connectivity index (χ2n) is 5.18. The number of nitrogens with zero attached hydrogens (tertiary/aromatic N) is 1. The van der Waals surface area contributed by atoms with Crippen LogP contribution in [0.3, 0.4) is 0 Å². The highest BCUT2D eigenvalue weighted by molar-refractivity contribution is 7.99. The SMILES string of the molecule is CC(C)(C)c1ccc(Sc2nc(C(=O)O)co2)cc1. The van der Waals surface area contributed by atoms with Gasteiger partial charge in [-0.3, -0.25) is 0 Å². The molecule has 0 saturated heterocycles. The van der Waals surface area contributed by atoms with Gasteiger partial charge in [0, 0.05) is 4.90 Å². The molecule has 1 heterocycles. The predicted octanol–water partition coefficient (Wildman–Crippen LogP) is 3.82. The first-order chi connectivity index (χ1) is 8.86. The van der Waals surface area contributed by atoms with E-state index in [-0.39, 0.29) is 11.1 Å². The van der Waals surface area contributed by atoms with Crippen LogP contribution in [0.4, 0.5) is 0 Å². The number of carbonyl (C=O) groups is 1. The monoisotopic (exact) mass is 277 g/mol. The van der Waals surface area contributed by atoms with Crippen molar-refractivity contribution in [3.63, 3.8) is 0 Å². The number of rotatable bonds is 3. The maximum absolute atomic E-state index is 10.7. The van der Waals surface area contributed by atoms with Crippen LogP contribution < -0.4 is 0 Å². The first kappa shape index (κ1) is 13.7. The Morgan fingerprint density at radius 2 is 1.89 bits per heavy atom. The molecule has 0 amide bonds. The number of hydrogen-bond donors (Lipinski definition) is 1. The van der Waals surface area contributed by atoms with E-state index in [9.17, 15) is 4.79 Å². The first-order valence-corrected chi connectivity index (χ1v) is 6.65. The summed E-state index contributed by atoms with van der Waals surface area (Å²) < 4.78 is 5.10. The summed E-state index contributed by atoms with van der Waals surface area (Å²) in [6.07, 6.45) is 1.15. The van der Waals surface area contributed by atoms with Gasteiger partial charge in [0.25, 0.3) is 5.22 Å². The maximum atomic E-state index is 10.7. The van der Waals surface area contributed by atoms with E-state index >= 15 is 0 Å². The van der Waals surface area contributed by atoms with Crippen LogP contribution >= 0.6 is 11.8 Å². The molecule has 1 aromatic carbocycles. The van der Waals surface area contributed by atoms with Crippen molar-refractivity contribution in [2.45, 2.75) is 36.3 Å². The van der Waals surface area contributed by atoms with Crippen LogP contribution in [0.1, 0.15) is 36.8 Å². The number of benzene rings is 1. The van der Waals surface area contributed by atoms with Crippen LogP contribution in [-0.2, 0) is 5.41 Å². The molecule has 0 bridgehead atoms. The number of carboxylic acid groups (broad SMARTS) is 1. The van der Waals surface area contributed by atoms with E-state index < -0.39 is 5.97 Å². The highest BCUT2D eigenvalue weighted by atomic mass is 32.2. The molecule has 0 saturated carbocycles. The second-order valence-corrected chi connectivity index (χ2v) is 6.21. The zero-order chi connectivity index (χ0) is 14.0. The van der Waals surface area contributed by atoms with Crippen molar-refractivity contribution >= 4 is 17.7 Å². The van der Waals surface area contributed by atoms with E-state index in [1.807, 2.05) is 12.1 Å². The number of aromatic nitrogens is 1. The topological polar surface area (TPSA) is 63.3 Å². The Labute approximate surface area is 115 Å². The zero-order valence-corrected chi connectivity index (χ0v) is 11.8. The van der Waals surface area contributed by atoms with E-state index in [2.05, 4.69) is 37.9 Å². The van der Waals surface area contributed by atoms with Gasteiger partial charge in [0.15, 0.2) is 5.69 Å². The molecule has 0 aliphatic heterocycles. The van der Waals surface area contributed by atoms with E-state index in [0.29, 0.717) is 5.22 Å². The molecule has 0 aliphatic carbocycles. The van der Waals surface area contributed by atoms with E-state index in [1.54, 1.807) is 0 Å². The fourth-order valence-electron chi connectivity index (χ4n) is 1.53. The van der Waals surface area contributed by atoms with Gasteiger partial charge >= 0.3 is 5.97 Å². The van der Waals surface area contributed by atoms with E-state index in [4.69, 9.17) is 9.52 Å². The number of oxazole rings is 1. The summed E-state index contributed by atoms with van der Waals surface area (Å²) in [6, 6.07) is 8.08. The van der Waals surface area contributed by atoms with Gasteiger partial charge in [0.1, 0.15) is 6.26 Å². The summed E-state index contributed by atoms with van der Waals surface area (Å²) in [5.41, 5.74) is 1.28. The molecule has 1 aromatic heterocycles. The number of aromatic carboxylic acids is 1. The van der Waals surface area contributed by atoms with Gasteiger partial charge in [-0.25, -0.2) is 4.79 Å². The molecular formula is C14H15NO3S. The van der Waals surface area contributed by atoms with Gasteiger partial charge in [-0.1, -0.05) is 32.9 Å². The van der Waals surface area contributed by atoms with Crippen molar-refractivity contribution in [2.24, 2.45) is 0 Å². The quantitative estimate of drug-likeness (QED) is 0.924. The van der Waals surface area contributed by atoms with Gasteiger partial charge in [-0.2, -0.15) is 4.98 Å². The molecule has 5 heteroatoms. The zero-order valence-electron chi connectivity index (χ0n) is 11.0. The van der Waals surface area contributed by atoms with Crippen LogP contribution in [-0.4, -0.2) is 16.1 Å². The lowest BCUT2D eigenvalue weighted by Crippen LogP contribution is -2.10. The summed E-state index contributed by atoms with van der Waals surface area (Å²) >= 11 is 1.30. The molecule has 2 rings (SSSR count). The Kier molecular flexibility index (Phi) is 3.66. The molecule has 0 spiro atoms. The van der Waals surface area contributed by atoms with Crippen molar-refractivity contribution in [2.75, 3.05) is 0 Å². The van der Waals surface area contributed by atoms with Crippen molar-refractivity contribution in [1.82, 2.24) is 4.98 Å². The van der Waals surface area contributed by atoms with Gasteiger partial charge in [-0.15, -0.1) is 0 Å². The molecule has 4 nitrogen and oxygen atoms in total. The summed E-state index contributed by atoms with van der Waals surface area (Å²) in [7, 11) is 0. The fraction of sp³-hybridized carbons (Fsp3) is 0.286. The number of hydrogen-bond acceptors (Lipinski definition) is 4.